The molecule has 1 aromatic rings. The average molecular weight is 508 g/mol. The number of anilines is 1. The van der Waals surface area contributed by atoms with Crippen LogP contribution in [0.15, 0.2) is 36.4 Å². The first kappa shape index (κ1) is 26.0. The Labute approximate surface area is 220 Å². The molecule has 3 heterocycles. The number of hydrogen-bond donors (Lipinski definition) is 2. The quantitative estimate of drug-likeness (QED) is 0.545. The number of amides is 3. The first-order valence-electron chi connectivity index (χ1n) is 14.0. The predicted octanol–water partition coefficient (Wildman–Crippen LogP) is 4.07. The number of fused-ring (bicyclic) bond motifs is 1. The van der Waals surface area contributed by atoms with Crippen LogP contribution in [-0.4, -0.2) is 53.0 Å². The normalized spacial score (nSPS) is 36.2. The molecule has 1 aromatic carbocycles. The minimum atomic E-state index is -1.11. The minimum absolute atomic E-state index is 0.0803. The molecule has 3 amide bonds. The monoisotopic (exact) mass is 507 g/mol. The molecule has 3 fully saturated rings. The summed E-state index contributed by atoms with van der Waals surface area (Å²) in [7, 11) is 0. The lowest BCUT2D eigenvalue weighted by Crippen LogP contribution is -2.58. The lowest BCUT2D eigenvalue weighted by atomic mass is 9.73. The second-order valence-corrected chi connectivity index (χ2v) is 12.2. The van der Waals surface area contributed by atoms with Crippen molar-refractivity contribution in [3.05, 3.63) is 42.0 Å². The lowest BCUT2D eigenvalue weighted by molar-refractivity contribution is -0.141. The van der Waals surface area contributed by atoms with Crippen molar-refractivity contribution < 1.29 is 19.1 Å². The lowest BCUT2D eigenvalue weighted by Gasteiger charge is -2.38. The van der Waals surface area contributed by atoms with Crippen LogP contribution >= 0.6 is 0 Å². The minimum Gasteiger partial charge on any atom is -0.359 e. The Balaban J connectivity index is 1.43. The van der Waals surface area contributed by atoms with Crippen molar-refractivity contribution in [2.75, 3.05) is 11.9 Å². The van der Waals surface area contributed by atoms with Crippen LogP contribution in [0, 0.1) is 36.5 Å². The van der Waals surface area contributed by atoms with Gasteiger partial charge in [0.05, 0.1) is 17.9 Å². The topological polar surface area (TPSA) is 87.7 Å². The Morgan fingerprint density at radius 3 is 2.70 bits per heavy atom. The van der Waals surface area contributed by atoms with Gasteiger partial charge in [-0.25, -0.2) is 0 Å². The van der Waals surface area contributed by atoms with Crippen molar-refractivity contribution in [2.24, 2.45) is 29.6 Å². The number of aryl methyl sites for hydroxylation is 1. The van der Waals surface area contributed by atoms with Crippen molar-refractivity contribution in [1.82, 2.24) is 10.2 Å². The molecule has 7 heteroatoms. The number of ether oxygens (including phenoxy) is 1. The van der Waals surface area contributed by atoms with Crippen LogP contribution in [0.3, 0.4) is 0 Å². The summed E-state index contributed by atoms with van der Waals surface area (Å²) in [5.74, 6) is -0.639. The van der Waals surface area contributed by atoms with Gasteiger partial charge in [0, 0.05) is 18.3 Å². The molecule has 0 radical (unpaired) electrons. The fourth-order valence-electron chi connectivity index (χ4n) is 6.90. The Bertz CT molecular complexity index is 1100. The van der Waals surface area contributed by atoms with E-state index in [1.54, 1.807) is 4.90 Å². The standard InChI is InChI=1S/C30H41N3O4/c1-17(2)13-15-33-26(28(35)32-22-11-7-9-19(4)20(22)5)30-14-12-23(37-30)24(25(30)29(33)36)27(34)31-21-10-6-8-18(3)16-21/h6,8,10,12,14,16-17,19-20,22-26H,7,9,11,13,15H2,1-5H3,(H,31,34)(H,32,35)/t19?,20?,22?,23-,24?,25-,26?,30?/m1/s1. The number of carbonyl (C=O) groups excluding carboxylic acids is 3. The van der Waals surface area contributed by atoms with Gasteiger partial charge in [0.15, 0.2) is 0 Å². The summed E-state index contributed by atoms with van der Waals surface area (Å²) in [6.45, 7) is 11.1. The Morgan fingerprint density at radius 2 is 1.97 bits per heavy atom. The van der Waals surface area contributed by atoms with Gasteiger partial charge in [0.25, 0.3) is 0 Å². The third-order valence-electron chi connectivity index (χ3n) is 9.19. The maximum Gasteiger partial charge on any atom is 0.246 e. The van der Waals surface area contributed by atoms with Crippen molar-refractivity contribution in [1.29, 1.82) is 0 Å². The molecule has 37 heavy (non-hydrogen) atoms. The van der Waals surface area contributed by atoms with Crippen LogP contribution in [0.5, 0.6) is 0 Å². The van der Waals surface area contributed by atoms with Crippen LogP contribution in [-0.2, 0) is 19.1 Å². The molecule has 1 aliphatic carbocycles. The summed E-state index contributed by atoms with van der Waals surface area (Å²) in [6, 6.07) is 6.93. The molecule has 4 aliphatic rings. The fraction of sp³-hybridized carbons (Fsp3) is 0.633. The second-order valence-electron chi connectivity index (χ2n) is 12.2. The number of benzene rings is 1. The molecule has 1 spiro atoms. The Kier molecular flexibility index (Phi) is 6.94. The smallest absolute Gasteiger partial charge is 0.246 e. The van der Waals surface area contributed by atoms with Gasteiger partial charge in [-0.05, 0) is 55.2 Å². The number of rotatable bonds is 7. The van der Waals surface area contributed by atoms with Crippen LogP contribution in [0.2, 0.25) is 0 Å². The summed E-state index contributed by atoms with van der Waals surface area (Å²) < 4.78 is 6.46. The molecule has 8 atom stereocenters. The van der Waals surface area contributed by atoms with Gasteiger partial charge in [-0.2, -0.15) is 0 Å². The largest absolute Gasteiger partial charge is 0.359 e. The maximum atomic E-state index is 14.0. The van der Waals surface area contributed by atoms with Gasteiger partial charge in [-0.15, -0.1) is 0 Å². The molecule has 7 nitrogen and oxygen atoms in total. The molecule has 6 unspecified atom stereocenters. The molecule has 5 rings (SSSR count). The second kappa shape index (κ2) is 9.90. The summed E-state index contributed by atoms with van der Waals surface area (Å²) in [4.78, 5) is 43.2. The van der Waals surface area contributed by atoms with Crippen molar-refractivity contribution in [3.63, 3.8) is 0 Å². The van der Waals surface area contributed by atoms with E-state index in [0.29, 0.717) is 30.0 Å². The third kappa shape index (κ3) is 4.49. The van der Waals surface area contributed by atoms with Gasteiger partial charge >= 0.3 is 0 Å². The zero-order chi connectivity index (χ0) is 26.5. The third-order valence-corrected chi connectivity index (χ3v) is 9.19. The molecule has 3 aliphatic heterocycles. The maximum absolute atomic E-state index is 14.0. The van der Waals surface area contributed by atoms with E-state index >= 15 is 0 Å². The number of nitrogens with zero attached hydrogens (tertiary/aromatic N) is 1. The van der Waals surface area contributed by atoms with E-state index in [0.717, 1.165) is 24.8 Å². The van der Waals surface area contributed by atoms with E-state index in [-0.39, 0.29) is 23.8 Å². The van der Waals surface area contributed by atoms with Crippen molar-refractivity contribution in [2.45, 2.75) is 84.1 Å². The van der Waals surface area contributed by atoms with E-state index in [1.165, 1.54) is 6.42 Å². The molecule has 200 valence electrons. The summed E-state index contributed by atoms with van der Waals surface area (Å²) in [5, 5.41) is 6.31. The van der Waals surface area contributed by atoms with Crippen LogP contribution in [0.4, 0.5) is 5.69 Å². The molecule has 2 N–H and O–H groups in total. The highest BCUT2D eigenvalue weighted by Crippen LogP contribution is 2.55. The zero-order valence-corrected chi connectivity index (χ0v) is 22.7. The van der Waals surface area contributed by atoms with Crippen LogP contribution in [0.25, 0.3) is 0 Å². The number of carbonyl (C=O) groups is 3. The molecule has 2 bridgehead atoms. The average Bonchev–Trinajstić information content (AvgIpc) is 3.48. The highest BCUT2D eigenvalue weighted by Gasteiger charge is 2.72. The summed E-state index contributed by atoms with van der Waals surface area (Å²) >= 11 is 0. The highest BCUT2D eigenvalue weighted by molar-refractivity contribution is 6.02. The van der Waals surface area contributed by atoms with Crippen molar-refractivity contribution >= 4 is 23.4 Å². The number of hydrogen-bond acceptors (Lipinski definition) is 4. The van der Waals surface area contributed by atoms with Gasteiger partial charge < -0.3 is 20.3 Å². The molecular weight excluding hydrogens is 466 g/mol. The van der Waals surface area contributed by atoms with E-state index in [1.807, 2.05) is 43.3 Å². The first-order valence-corrected chi connectivity index (χ1v) is 14.0. The molecule has 2 saturated heterocycles. The van der Waals surface area contributed by atoms with Crippen molar-refractivity contribution in [3.8, 4) is 0 Å². The summed E-state index contributed by atoms with van der Waals surface area (Å²) in [5.41, 5.74) is 0.627. The van der Waals surface area contributed by atoms with E-state index in [9.17, 15) is 14.4 Å². The van der Waals surface area contributed by atoms with E-state index in [4.69, 9.17) is 4.74 Å². The molecular formula is C30H41N3O4. The Hall–Kier alpha value is -2.67. The highest BCUT2D eigenvalue weighted by atomic mass is 16.5. The fourth-order valence-corrected chi connectivity index (χ4v) is 6.90. The molecule has 0 aromatic heterocycles. The zero-order valence-electron chi connectivity index (χ0n) is 22.7. The number of nitrogens with one attached hydrogen (secondary N) is 2. The van der Waals surface area contributed by atoms with E-state index in [2.05, 4.69) is 38.3 Å². The van der Waals surface area contributed by atoms with E-state index < -0.39 is 29.6 Å². The van der Waals surface area contributed by atoms with Gasteiger partial charge in [0.1, 0.15) is 11.6 Å². The first-order chi connectivity index (χ1) is 17.6. The summed E-state index contributed by atoms with van der Waals surface area (Å²) in [6.07, 6.45) is 7.24. The molecule has 1 saturated carbocycles. The van der Waals surface area contributed by atoms with Crippen LogP contribution in [0.1, 0.15) is 58.9 Å². The predicted molar refractivity (Wildman–Crippen MR) is 143 cm³/mol. The SMILES string of the molecule is Cc1cccc(NC(=O)C2[C@H]3C=CC4(O3)C(C(=O)NC3CCCC(C)C3C)N(CCC(C)C)C(=O)[C@@H]24)c1. The number of likely N-dealkylation sites (tertiary alicyclic amines) is 1. The Morgan fingerprint density at radius 1 is 1.19 bits per heavy atom. The van der Waals surface area contributed by atoms with Gasteiger partial charge in [0.2, 0.25) is 17.7 Å². The van der Waals surface area contributed by atoms with Gasteiger partial charge in [-0.3, -0.25) is 14.4 Å². The van der Waals surface area contributed by atoms with Crippen LogP contribution < -0.4 is 10.6 Å². The van der Waals surface area contributed by atoms with Gasteiger partial charge in [-0.1, -0.05) is 64.8 Å².